The number of sulfonamides is 1. The molecule has 0 bridgehead atoms. The van der Waals surface area contributed by atoms with Crippen LogP contribution in [0.25, 0.3) is 0 Å². The van der Waals surface area contributed by atoms with Crippen LogP contribution in [0.1, 0.15) is 24.4 Å². The second-order valence-corrected chi connectivity index (χ2v) is 6.58. The highest BCUT2D eigenvalue weighted by atomic mass is 32.2. The monoisotopic (exact) mass is 288 g/mol. The van der Waals surface area contributed by atoms with Crippen LogP contribution in [0, 0.1) is 6.92 Å². The molecule has 0 radical (unpaired) electrons. The molecule has 1 fully saturated rings. The van der Waals surface area contributed by atoms with Gasteiger partial charge in [-0.3, -0.25) is 0 Å². The lowest BCUT2D eigenvalue weighted by Gasteiger charge is -2.30. The SMILES string of the molecule is COC1CCN(S(=O)(=O)c2cc(CN)oc2C)CC1. The van der Waals surface area contributed by atoms with Crippen molar-refractivity contribution in [3.05, 3.63) is 17.6 Å². The average molecular weight is 288 g/mol. The summed E-state index contributed by atoms with van der Waals surface area (Å²) in [6.07, 6.45) is 1.59. The maximum Gasteiger partial charge on any atom is 0.246 e. The standard InChI is InChI=1S/C12H20N2O4S/c1-9-12(7-11(8-13)18-9)19(15,16)14-5-3-10(17-2)4-6-14/h7,10H,3-6,8,13H2,1-2H3. The Bertz CT molecular complexity index is 530. The molecule has 19 heavy (non-hydrogen) atoms. The molecular formula is C12H20N2O4S. The van der Waals surface area contributed by atoms with E-state index in [0.29, 0.717) is 24.6 Å². The number of nitrogens with zero attached hydrogens (tertiary/aromatic N) is 1. The number of piperidine rings is 1. The fourth-order valence-electron chi connectivity index (χ4n) is 2.33. The van der Waals surface area contributed by atoms with Gasteiger partial charge < -0.3 is 14.9 Å². The summed E-state index contributed by atoms with van der Waals surface area (Å²) in [6, 6.07) is 1.52. The van der Waals surface area contributed by atoms with E-state index in [9.17, 15) is 8.42 Å². The van der Waals surface area contributed by atoms with Gasteiger partial charge in [-0.2, -0.15) is 4.31 Å². The third-order valence-corrected chi connectivity index (χ3v) is 5.48. The number of aryl methyl sites for hydroxylation is 1. The molecule has 2 rings (SSSR count). The first-order chi connectivity index (χ1) is 8.98. The number of furan rings is 1. The van der Waals surface area contributed by atoms with Crippen molar-refractivity contribution in [2.75, 3.05) is 20.2 Å². The van der Waals surface area contributed by atoms with Crippen LogP contribution in [0.5, 0.6) is 0 Å². The van der Waals surface area contributed by atoms with E-state index in [0.717, 1.165) is 12.8 Å². The molecule has 0 spiro atoms. The van der Waals surface area contributed by atoms with Crippen molar-refractivity contribution < 1.29 is 17.6 Å². The molecule has 1 saturated heterocycles. The summed E-state index contributed by atoms with van der Waals surface area (Å²) in [5.74, 6) is 0.886. The molecule has 1 aromatic heterocycles. The number of methoxy groups -OCH3 is 1. The van der Waals surface area contributed by atoms with E-state index < -0.39 is 10.0 Å². The predicted molar refractivity (Wildman–Crippen MR) is 70.1 cm³/mol. The van der Waals surface area contributed by atoms with Crippen molar-refractivity contribution in [3.63, 3.8) is 0 Å². The van der Waals surface area contributed by atoms with Crippen LogP contribution < -0.4 is 5.73 Å². The summed E-state index contributed by atoms with van der Waals surface area (Å²) in [5, 5.41) is 0. The fraction of sp³-hybridized carbons (Fsp3) is 0.667. The van der Waals surface area contributed by atoms with Gasteiger partial charge in [0.05, 0.1) is 12.6 Å². The highest BCUT2D eigenvalue weighted by Crippen LogP contribution is 2.26. The number of hydrogen-bond donors (Lipinski definition) is 1. The van der Waals surface area contributed by atoms with Crippen molar-refractivity contribution in [2.45, 2.75) is 37.3 Å². The third kappa shape index (κ3) is 2.84. The van der Waals surface area contributed by atoms with E-state index in [-0.39, 0.29) is 17.5 Å². The van der Waals surface area contributed by atoms with E-state index in [4.69, 9.17) is 14.9 Å². The van der Waals surface area contributed by atoms with Gasteiger partial charge in [0.15, 0.2) is 0 Å². The number of hydrogen-bond acceptors (Lipinski definition) is 5. The zero-order valence-electron chi connectivity index (χ0n) is 11.3. The summed E-state index contributed by atoms with van der Waals surface area (Å²) in [4.78, 5) is 0.226. The van der Waals surface area contributed by atoms with Crippen LogP contribution >= 0.6 is 0 Å². The molecule has 1 aliphatic heterocycles. The maximum absolute atomic E-state index is 12.5. The van der Waals surface area contributed by atoms with E-state index >= 15 is 0 Å². The Morgan fingerprint density at radius 3 is 2.58 bits per heavy atom. The minimum absolute atomic E-state index is 0.150. The molecule has 0 atom stereocenters. The molecule has 0 amide bonds. The van der Waals surface area contributed by atoms with Gasteiger partial charge in [0.25, 0.3) is 0 Å². The Labute approximate surface area is 113 Å². The topological polar surface area (TPSA) is 85.8 Å². The summed E-state index contributed by atoms with van der Waals surface area (Å²) in [5.41, 5.74) is 5.47. The van der Waals surface area contributed by atoms with E-state index in [1.54, 1.807) is 14.0 Å². The second kappa shape index (κ2) is 5.62. The summed E-state index contributed by atoms with van der Waals surface area (Å²) in [6.45, 7) is 2.79. The lowest BCUT2D eigenvalue weighted by molar-refractivity contribution is 0.0604. The highest BCUT2D eigenvalue weighted by Gasteiger charge is 2.32. The van der Waals surface area contributed by atoms with Crippen molar-refractivity contribution in [1.29, 1.82) is 0 Å². The fourth-order valence-corrected chi connectivity index (χ4v) is 3.98. The first-order valence-electron chi connectivity index (χ1n) is 6.31. The van der Waals surface area contributed by atoms with Gasteiger partial charge >= 0.3 is 0 Å². The molecular weight excluding hydrogens is 268 g/mol. The normalized spacial score (nSPS) is 18.9. The van der Waals surface area contributed by atoms with Crippen LogP contribution in [-0.2, 0) is 21.3 Å². The Hall–Kier alpha value is -0.890. The molecule has 0 aliphatic carbocycles. The predicted octanol–water partition coefficient (Wildman–Crippen LogP) is 0.846. The van der Waals surface area contributed by atoms with Crippen molar-refractivity contribution >= 4 is 10.0 Å². The Balaban J connectivity index is 2.20. The van der Waals surface area contributed by atoms with Gasteiger partial charge in [-0.05, 0) is 19.8 Å². The lowest BCUT2D eigenvalue weighted by atomic mass is 10.1. The summed E-state index contributed by atoms with van der Waals surface area (Å²) < 4.78 is 37.1. The van der Waals surface area contributed by atoms with Crippen molar-refractivity contribution in [1.82, 2.24) is 4.31 Å². The van der Waals surface area contributed by atoms with Crippen LogP contribution in [0.15, 0.2) is 15.4 Å². The average Bonchev–Trinajstić information content (AvgIpc) is 2.81. The molecule has 0 unspecified atom stereocenters. The largest absolute Gasteiger partial charge is 0.464 e. The third-order valence-electron chi connectivity index (χ3n) is 3.48. The smallest absolute Gasteiger partial charge is 0.246 e. The van der Waals surface area contributed by atoms with Gasteiger partial charge in [-0.25, -0.2) is 8.42 Å². The van der Waals surface area contributed by atoms with Gasteiger partial charge in [0.2, 0.25) is 10.0 Å². The van der Waals surface area contributed by atoms with Gasteiger partial charge in [-0.1, -0.05) is 0 Å². The first kappa shape index (κ1) is 14.5. The molecule has 108 valence electrons. The zero-order chi connectivity index (χ0) is 14.0. The number of ether oxygens (including phenoxy) is 1. The van der Waals surface area contributed by atoms with E-state index in [2.05, 4.69) is 0 Å². The molecule has 6 nitrogen and oxygen atoms in total. The van der Waals surface area contributed by atoms with Gasteiger partial charge in [-0.15, -0.1) is 0 Å². The minimum Gasteiger partial charge on any atom is -0.464 e. The maximum atomic E-state index is 12.5. The molecule has 1 aliphatic rings. The Morgan fingerprint density at radius 2 is 2.11 bits per heavy atom. The number of rotatable bonds is 4. The molecule has 0 aromatic carbocycles. The second-order valence-electron chi connectivity index (χ2n) is 4.68. The van der Waals surface area contributed by atoms with Crippen molar-refractivity contribution in [3.8, 4) is 0 Å². The van der Waals surface area contributed by atoms with Gasteiger partial charge in [0.1, 0.15) is 16.4 Å². The molecule has 2 heterocycles. The lowest BCUT2D eigenvalue weighted by Crippen LogP contribution is -2.40. The van der Waals surface area contributed by atoms with Gasteiger partial charge in [0, 0.05) is 26.3 Å². The number of nitrogens with two attached hydrogens (primary N) is 1. The van der Waals surface area contributed by atoms with E-state index in [1.165, 1.54) is 10.4 Å². The quantitative estimate of drug-likeness (QED) is 0.887. The molecule has 2 N–H and O–H groups in total. The first-order valence-corrected chi connectivity index (χ1v) is 7.75. The Kier molecular flexibility index (Phi) is 4.29. The van der Waals surface area contributed by atoms with Crippen LogP contribution in [0.2, 0.25) is 0 Å². The summed E-state index contributed by atoms with van der Waals surface area (Å²) in [7, 11) is -1.83. The molecule has 7 heteroatoms. The molecule has 1 aromatic rings. The summed E-state index contributed by atoms with van der Waals surface area (Å²) >= 11 is 0. The van der Waals surface area contributed by atoms with Crippen molar-refractivity contribution in [2.24, 2.45) is 5.73 Å². The minimum atomic E-state index is -3.49. The highest BCUT2D eigenvalue weighted by molar-refractivity contribution is 7.89. The van der Waals surface area contributed by atoms with Crippen LogP contribution in [-0.4, -0.2) is 39.0 Å². The zero-order valence-corrected chi connectivity index (χ0v) is 12.1. The Morgan fingerprint density at radius 1 is 1.47 bits per heavy atom. The molecule has 0 saturated carbocycles. The van der Waals surface area contributed by atoms with Crippen LogP contribution in [0.4, 0.5) is 0 Å². The van der Waals surface area contributed by atoms with E-state index in [1.807, 2.05) is 0 Å². The van der Waals surface area contributed by atoms with Crippen LogP contribution in [0.3, 0.4) is 0 Å².